The Hall–Kier alpha value is -1.80. The van der Waals surface area contributed by atoms with Crippen molar-refractivity contribution >= 4 is 17.4 Å². The minimum absolute atomic E-state index is 0.0505. The second-order valence-electron chi connectivity index (χ2n) is 4.16. The van der Waals surface area contributed by atoms with E-state index < -0.39 is 0 Å². The Morgan fingerprint density at radius 3 is 2.61 bits per heavy atom. The van der Waals surface area contributed by atoms with Gasteiger partial charge in [-0.1, -0.05) is 41.9 Å². The summed E-state index contributed by atoms with van der Waals surface area (Å²) in [5.41, 5.74) is 1.81. The predicted octanol–water partition coefficient (Wildman–Crippen LogP) is 3.78. The topological polar surface area (TPSA) is 37.3 Å². The lowest BCUT2D eigenvalue weighted by Gasteiger charge is -2.07. The van der Waals surface area contributed by atoms with Crippen molar-refractivity contribution in [3.05, 3.63) is 64.2 Å². The van der Waals surface area contributed by atoms with Crippen molar-refractivity contribution < 1.29 is 9.90 Å². The maximum absolute atomic E-state index is 12.1. The number of benzene rings is 2. The zero-order valence-corrected chi connectivity index (χ0v) is 10.7. The van der Waals surface area contributed by atoms with Gasteiger partial charge in [-0.2, -0.15) is 0 Å². The van der Waals surface area contributed by atoms with E-state index in [0.717, 1.165) is 5.56 Å². The number of hydrogen-bond donors (Lipinski definition) is 1. The molecule has 0 amide bonds. The average molecular weight is 261 g/mol. The third kappa shape index (κ3) is 2.54. The first-order chi connectivity index (χ1) is 8.59. The molecule has 0 heterocycles. The number of carbonyl (C=O) groups is 1. The highest BCUT2D eigenvalue weighted by molar-refractivity contribution is 6.31. The van der Waals surface area contributed by atoms with Crippen molar-refractivity contribution in [2.75, 3.05) is 0 Å². The number of para-hydroxylation sites is 1. The van der Waals surface area contributed by atoms with Gasteiger partial charge in [0.15, 0.2) is 5.78 Å². The molecule has 2 rings (SSSR count). The van der Waals surface area contributed by atoms with Gasteiger partial charge in [-0.25, -0.2) is 0 Å². The molecule has 18 heavy (non-hydrogen) atoms. The van der Waals surface area contributed by atoms with Crippen LogP contribution in [0.1, 0.15) is 21.5 Å². The van der Waals surface area contributed by atoms with Gasteiger partial charge in [0.25, 0.3) is 0 Å². The van der Waals surface area contributed by atoms with Crippen LogP contribution >= 0.6 is 11.6 Å². The summed E-state index contributed by atoms with van der Waals surface area (Å²) in [6.45, 7) is 1.77. The van der Waals surface area contributed by atoms with Crippen LogP contribution in [-0.2, 0) is 6.42 Å². The third-order valence-electron chi connectivity index (χ3n) is 2.85. The molecule has 2 aromatic carbocycles. The van der Waals surface area contributed by atoms with Gasteiger partial charge in [-0.3, -0.25) is 4.79 Å². The number of carbonyl (C=O) groups excluding carboxylic acids is 1. The van der Waals surface area contributed by atoms with Crippen LogP contribution in [0.15, 0.2) is 42.5 Å². The molecular weight excluding hydrogens is 248 g/mol. The van der Waals surface area contributed by atoms with Crippen LogP contribution < -0.4 is 0 Å². The van der Waals surface area contributed by atoms with Crippen molar-refractivity contribution in [3.8, 4) is 5.75 Å². The van der Waals surface area contributed by atoms with Crippen molar-refractivity contribution in [1.29, 1.82) is 0 Å². The van der Waals surface area contributed by atoms with E-state index in [1.165, 1.54) is 0 Å². The summed E-state index contributed by atoms with van der Waals surface area (Å²) in [5, 5.41) is 10.4. The molecule has 0 aliphatic rings. The summed E-state index contributed by atoms with van der Waals surface area (Å²) in [6.07, 6.45) is 0.191. The Morgan fingerprint density at radius 2 is 1.89 bits per heavy atom. The number of aromatic hydroxyl groups is 1. The van der Waals surface area contributed by atoms with E-state index in [4.69, 9.17) is 11.6 Å². The summed E-state index contributed by atoms with van der Waals surface area (Å²) in [4.78, 5) is 12.1. The Bertz CT molecular complexity index is 591. The van der Waals surface area contributed by atoms with Crippen LogP contribution in [0.4, 0.5) is 0 Å². The fourth-order valence-electron chi connectivity index (χ4n) is 1.79. The van der Waals surface area contributed by atoms with Gasteiger partial charge in [0.2, 0.25) is 0 Å². The van der Waals surface area contributed by atoms with E-state index in [9.17, 15) is 9.90 Å². The first-order valence-electron chi connectivity index (χ1n) is 5.65. The Kier molecular flexibility index (Phi) is 3.68. The number of phenolic OH excluding ortho intramolecular Hbond substituents is 1. The largest absolute Gasteiger partial charge is 0.507 e. The SMILES string of the molecule is Cc1cccc(C(=O)Cc2ccccc2Cl)c1O. The van der Waals surface area contributed by atoms with Gasteiger partial charge in [0.1, 0.15) is 5.75 Å². The smallest absolute Gasteiger partial charge is 0.171 e. The number of halogens is 1. The van der Waals surface area contributed by atoms with Crippen LogP contribution in [0, 0.1) is 6.92 Å². The molecule has 1 N–H and O–H groups in total. The van der Waals surface area contributed by atoms with Crippen LogP contribution in [0.25, 0.3) is 0 Å². The fraction of sp³-hybridized carbons (Fsp3) is 0.133. The van der Waals surface area contributed by atoms with Crippen molar-refractivity contribution in [2.45, 2.75) is 13.3 Å². The Labute approximate surface area is 111 Å². The lowest BCUT2D eigenvalue weighted by Crippen LogP contribution is -2.04. The molecule has 0 saturated carbocycles. The lowest BCUT2D eigenvalue weighted by atomic mass is 10.0. The summed E-state index contributed by atoms with van der Waals surface area (Å²) in [6, 6.07) is 12.4. The average Bonchev–Trinajstić information content (AvgIpc) is 2.35. The molecule has 0 aliphatic carbocycles. The first kappa shape index (κ1) is 12.7. The van der Waals surface area contributed by atoms with Crippen molar-refractivity contribution in [1.82, 2.24) is 0 Å². The highest BCUT2D eigenvalue weighted by Gasteiger charge is 2.14. The van der Waals surface area contributed by atoms with Gasteiger partial charge in [-0.05, 0) is 30.2 Å². The maximum Gasteiger partial charge on any atom is 0.171 e. The first-order valence-corrected chi connectivity index (χ1v) is 6.02. The number of Topliss-reactive ketones (excluding diaryl/α,β-unsaturated/α-hetero) is 1. The Balaban J connectivity index is 2.28. The summed E-state index contributed by atoms with van der Waals surface area (Å²) < 4.78 is 0. The minimum atomic E-state index is -0.135. The maximum atomic E-state index is 12.1. The third-order valence-corrected chi connectivity index (χ3v) is 3.22. The standard InChI is InChI=1S/C15H13ClO2/c1-10-5-4-7-12(15(10)18)14(17)9-11-6-2-3-8-13(11)16/h2-8,18H,9H2,1H3. The number of hydrogen-bond acceptors (Lipinski definition) is 2. The Morgan fingerprint density at radius 1 is 1.17 bits per heavy atom. The number of ketones is 1. The molecular formula is C15H13ClO2. The van der Waals surface area contributed by atoms with E-state index in [1.54, 1.807) is 31.2 Å². The molecule has 0 saturated heterocycles. The van der Waals surface area contributed by atoms with Gasteiger partial charge in [0.05, 0.1) is 5.56 Å². The van der Waals surface area contributed by atoms with Crippen LogP contribution in [0.5, 0.6) is 5.75 Å². The highest BCUT2D eigenvalue weighted by atomic mass is 35.5. The lowest BCUT2D eigenvalue weighted by molar-refractivity contribution is 0.0990. The van der Waals surface area contributed by atoms with Crippen molar-refractivity contribution in [3.63, 3.8) is 0 Å². The van der Waals surface area contributed by atoms with Gasteiger partial charge in [-0.15, -0.1) is 0 Å². The van der Waals surface area contributed by atoms with Crippen LogP contribution in [0.3, 0.4) is 0 Å². The quantitative estimate of drug-likeness (QED) is 0.853. The van der Waals surface area contributed by atoms with E-state index in [2.05, 4.69) is 0 Å². The number of phenols is 1. The molecule has 0 aromatic heterocycles. The molecule has 0 radical (unpaired) electrons. The molecule has 2 aromatic rings. The minimum Gasteiger partial charge on any atom is -0.507 e. The summed E-state index contributed by atoms with van der Waals surface area (Å²) >= 11 is 6.01. The fourth-order valence-corrected chi connectivity index (χ4v) is 2.00. The van der Waals surface area contributed by atoms with E-state index in [1.807, 2.05) is 18.2 Å². The zero-order chi connectivity index (χ0) is 13.1. The normalized spacial score (nSPS) is 10.3. The van der Waals surface area contributed by atoms with Crippen molar-refractivity contribution in [2.24, 2.45) is 0 Å². The molecule has 0 fully saturated rings. The molecule has 0 spiro atoms. The molecule has 0 atom stereocenters. The molecule has 0 bridgehead atoms. The van der Waals surface area contributed by atoms with E-state index in [0.29, 0.717) is 16.1 Å². The predicted molar refractivity (Wildman–Crippen MR) is 72.3 cm³/mol. The highest BCUT2D eigenvalue weighted by Crippen LogP contribution is 2.24. The summed E-state index contributed by atoms with van der Waals surface area (Å²) in [5.74, 6) is -0.0844. The molecule has 2 nitrogen and oxygen atoms in total. The van der Waals surface area contributed by atoms with Gasteiger partial charge < -0.3 is 5.11 Å². The molecule has 3 heteroatoms. The van der Waals surface area contributed by atoms with Crippen LogP contribution in [-0.4, -0.2) is 10.9 Å². The second-order valence-corrected chi connectivity index (χ2v) is 4.57. The number of aryl methyl sites for hydroxylation is 1. The molecule has 0 unspecified atom stereocenters. The number of rotatable bonds is 3. The second kappa shape index (κ2) is 5.23. The summed E-state index contributed by atoms with van der Waals surface area (Å²) in [7, 11) is 0. The molecule has 92 valence electrons. The zero-order valence-electron chi connectivity index (χ0n) is 9.98. The van der Waals surface area contributed by atoms with Crippen LogP contribution in [0.2, 0.25) is 5.02 Å². The van der Waals surface area contributed by atoms with Gasteiger partial charge in [0, 0.05) is 11.4 Å². The van der Waals surface area contributed by atoms with E-state index >= 15 is 0 Å². The van der Waals surface area contributed by atoms with Gasteiger partial charge >= 0.3 is 0 Å². The molecule has 0 aliphatic heterocycles. The van der Waals surface area contributed by atoms with E-state index in [-0.39, 0.29) is 18.0 Å². The monoisotopic (exact) mass is 260 g/mol.